The quantitative estimate of drug-likeness (QED) is 0.450. The molecule has 39 valence electrons. The SMILES string of the molecule is [Ti][C]1=CC=CC=CC1. The van der Waals surface area contributed by atoms with Crippen LogP contribution in [0.5, 0.6) is 0 Å². The Morgan fingerprint density at radius 1 is 1.25 bits per heavy atom. The van der Waals surface area contributed by atoms with Gasteiger partial charge in [-0.05, 0) is 0 Å². The normalized spacial score (nSPS) is 17.6. The molecule has 0 atom stereocenters. The summed E-state index contributed by atoms with van der Waals surface area (Å²) in [5, 5.41) is 0. The van der Waals surface area contributed by atoms with Crippen molar-refractivity contribution in [2.45, 2.75) is 6.42 Å². The molecule has 0 amide bonds. The minimum atomic E-state index is 1.10. The van der Waals surface area contributed by atoms with Gasteiger partial charge < -0.3 is 0 Å². The van der Waals surface area contributed by atoms with Crippen molar-refractivity contribution in [3.8, 4) is 0 Å². The monoisotopic (exact) mass is 139 g/mol. The first-order valence-corrected chi connectivity index (χ1v) is 3.41. The van der Waals surface area contributed by atoms with Crippen LogP contribution < -0.4 is 0 Å². The van der Waals surface area contributed by atoms with Crippen molar-refractivity contribution in [1.29, 1.82) is 0 Å². The number of rotatable bonds is 0. The molecular formula is C7H7Ti. The van der Waals surface area contributed by atoms with Gasteiger partial charge in [0, 0.05) is 0 Å². The van der Waals surface area contributed by atoms with Crippen molar-refractivity contribution in [3.63, 3.8) is 0 Å². The molecule has 0 unspecified atom stereocenters. The molecule has 1 aliphatic carbocycles. The zero-order chi connectivity index (χ0) is 5.82. The molecule has 0 bridgehead atoms. The van der Waals surface area contributed by atoms with Crippen molar-refractivity contribution >= 4 is 0 Å². The van der Waals surface area contributed by atoms with E-state index in [2.05, 4.69) is 50.8 Å². The van der Waals surface area contributed by atoms with E-state index in [9.17, 15) is 0 Å². The van der Waals surface area contributed by atoms with Crippen LogP contribution in [0.2, 0.25) is 0 Å². The van der Waals surface area contributed by atoms with Crippen molar-refractivity contribution in [2.75, 3.05) is 0 Å². The molecule has 0 spiro atoms. The molecule has 0 aliphatic heterocycles. The van der Waals surface area contributed by atoms with E-state index >= 15 is 0 Å². The fraction of sp³-hybridized carbons (Fsp3) is 0.143. The molecule has 0 N–H and O–H groups in total. The van der Waals surface area contributed by atoms with Gasteiger partial charge in [0.25, 0.3) is 0 Å². The molecule has 0 saturated carbocycles. The molecule has 0 fully saturated rings. The van der Waals surface area contributed by atoms with Gasteiger partial charge in [0.15, 0.2) is 0 Å². The summed E-state index contributed by atoms with van der Waals surface area (Å²) in [5.41, 5.74) is 0. The third kappa shape index (κ3) is 1.81. The van der Waals surface area contributed by atoms with Crippen LogP contribution in [0.25, 0.3) is 0 Å². The standard InChI is InChI=1S/C7H7.Ti/c1-2-4-6-7-5-3-1;/h1-5H,6H2;. The molecule has 0 radical (unpaired) electrons. The Hall–Kier alpha value is -0.0657. The molecule has 0 aromatic carbocycles. The fourth-order valence-corrected chi connectivity index (χ4v) is 0.912. The fourth-order valence-electron chi connectivity index (χ4n) is 0.577. The van der Waals surface area contributed by atoms with Crippen molar-refractivity contribution in [3.05, 3.63) is 34.3 Å². The van der Waals surface area contributed by atoms with Crippen LogP contribution in [-0.2, 0) is 20.4 Å². The van der Waals surface area contributed by atoms with Gasteiger partial charge in [-0.15, -0.1) is 0 Å². The number of allylic oxidation sites excluding steroid dienone is 6. The van der Waals surface area contributed by atoms with Gasteiger partial charge in [0.05, 0.1) is 0 Å². The summed E-state index contributed by atoms with van der Waals surface area (Å²) in [6, 6.07) is 0. The van der Waals surface area contributed by atoms with E-state index in [-0.39, 0.29) is 0 Å². The van der Waals surface area contributed by atoms with Gasteiger partial charge in [-0.1, -0.05) is 0 Å². The minimum absolute atomic E-state index is 1.10. The Morgan fingerprint density at radius 3 is 3.00 bits per heavy atom. The third-order valence-corrected chi connectivity index (χ3v) is 1.57. The van der Waals surface area contributed by atoms with Crippen LogP contribution in [0.1, 0.15) is 6.42 Å². The summed E-state index contributed by atoms with van der Waals surface area (Å²) >= 11 is 2.14. The average Bonchev–Trinajstić information content (AvgIpc) is 1.94. The first-order chi connectivity index (χ1) is 3.89. The van der Waals surface area contributed by atoms with E-state index in [1.54, 1.807) is 0 Å². The zero-order valence-electron chi connectivity index (χ0n) is 4.59. The van der Waals surface area contributed by atoms with E-state index in [1.807, 2.05) is 0 Å². The van der Waals surface area contributed by atoms with E-state index in [0.717, 1.165) is 6.42 Å². The van der Waals surface area contributed by atoms with Gasteiger partial charge >= 0.3 is 61.1 Å². The molecule has 1 aliphatic rings. The second-order valence-corrected chi connectivity index (χ2v) is 2.71. The summed E-state index contributed by atoms with van der Waals surface area (Å²) in [6.45, 7) is 0. The van der Waals surface area contributed by atoms with Crippen molar-refractivity contribution < 1.29 is 20.4 Å². The maximum absolute atomic E-state index is 2.16. The van der Waals surface area contributed by atoms with Gasteiger partial charge in [-0.3, -0.25) is 0 Å². The Balaban J connectivity index is 2.69. The summed E-state index contributed by atoms with van der Waals surface area (Å²) in [5.74, 6) is 0. The summed E-state index contributed by atoms with van der Waals surface area (Å²) < 4.78 is 1.43. The molecule has 1 heteroatoms. The predicted molar refractivity (Wildman–Crippen MR) is 31.0 cm³/mol. The predicted octanol–water partition coefficient (Wildman–Crippen LogP) is 1.93. The van der Waals surface area contributed by atoms with Crippen LogP contribution in [-0.4, -0.2) is 0 Å². The van der Waals surface area contributed by atoms with Crippen molar-refractivity contribution in [1.82, 2.24) is 0 Å². The zero-order valence-corrected chi connectivity index (χ0v) is 6.16. The van der Waals surface area contributed by atoms with Crippen molar-refractivity contribution in [2.24, 2.45) is 0 Å². The molecule has 0 aromatic rings. The van der Waals surface area contributed by atoms with Crippen LogP contribution in [0.4, 0.5) is 0 Å². The molecule has 0 saturated heterocycles. The molecule has 0 aromatic heterocycles. The average molecular weight is 139 g/mol. The van der Waals surface area contributed by atoms with Crippen LogP contribution in [0.15, 0.2) is 34.3 Å². The molecule has 0 nitrogen and oxygen atoms in total. The number of hydrogen-bond acceptors (Lipinski definition) is 0. The topological polar surface area (TPSA) is 0 Å². The molecule has 8 heavy (non-hydrogen) atoms. The molecule has 0 heterocycles. The molecule has 1 rings (SSSR count). The van der Waals surface area contributed by atoms with Crippen LogP contribution in [0, 0.1) is 0 Å². The van der Waals surface area contributed by atoms with Gasteiger partial charge in [-0.25, -0.2) is 0 Å². The Labute approximate surface area is 61.4 Å². The third-order valence-electron chi connectivity index (χ3n) is 0.993. The van der Waals surface area contributed by atoms with E-state index in [4.69, 9.17) is 0 Å². The Morgan fingerprint density at radius 2 is 2.12 bits per heavy atom. The van der Waals surface area contributed by atoms with E-state index in [1.165, 1.54) is 3.88 Å². The van der Waals surface area contributed by atoms with E-state index in [0.29, 0.717) is 0 Å². The van der Waals surface area contributed by atoms with Gasteiger partial charge in [0.2, 0.25) is 0 Å². The van der Waals surface area contributed by atoms with Gasteiger partial charge in [-0.2, -0.15) is 0 Å². The second kappa shape index (κ2) is 3.06. The summed E-state index contributed by atoms with van der Waals surface area (Å²) in [6.07, 6.45) is 11.6. The maximum atomic E-state index is 2.16. The first kappa shape index (κ1) is 6.06. The first-order valence-electron chi connectivity index (χ1n) is 2.63. The number of hydrogen-bond donors (Lipinski definition) is 0. The van der Waals surface area contributed by atoms with Crippen LogP contribution in [0.3, 0.4) is 0 Å². The summed E-state index contributed by atoms with van der Waals surface area (Å²) in [4.78, 5) is 0. The Kier molecular flexibility index (Phi) is 2.32. The summed E-state index contributed by atoms with van der Waals surface area (Å²) in [7, 11) is 0. The van der Waals surface area contributed by atoms with Crippen LogP contribution >= 0.6 is 0 Å². The molecular weight excluding hydrogens is 132 g/mol. The Bertz CT molecular complexity index is 152. The van der Waals surface area contributed by atoms with Gasteiger partial charge in [0.1, 0.15) is 0 Å². The van der Waals surface area contributed by atoms with E-state index < -0.39 is 0 Å². The second-order valence-electron chi connectivity index (χ2n) is 1.71.